The molecule has 0 radical (unpaired) electrons. The van der Waals surface area contributed by atoms with E-state index in [2.05, 4.69) is 52.5 Å². The quantitative estimate of drug-likeness (QED) is 0.466. The number of carbonyl (C=O) groups is 1. The van der Waals surface area contributed by atoms with Gasteiger partial charge in [0.25, 0.3) is 5.91 Å². The van der Waals surface area contributed by atoms with Gasteiger partial charge in [0, 0.05) is 34.2 Å². The largest absolute Gasteiger partial charge is 0.451 e. The fourth-order valence-electron chi connectivity index (χ4n) is 5.43. The number of rotatable bonds is 4. The second-order valence-electron chi connectivity index (χ2n) is 9.12. The third-order valence-corrected chi connectivity index (χ3v) is 7.32. The zero-order valence-corrected chi connectivity index (χ0v) is 18.2. The molecule has 7 rings (SSSR count). The lowest BCUT2D eigenvalue weighted by Crippen LogP contribution is -2.62. The van der Waals surface area contributed by atoms with Crippen molar-refractivity contribution in [2.45, 2.75) is 31.8 Å². The second kappa shape index (κ2) is 7.68. The van der Waals surface area contributed by atoms with E-state index in [1.54, 1.807) is 6.07 Å². The van der Waals surface area contributed by atoms with Crippen molar-refractivity contribution < 1.29 is 9.21 Å². The lowest BCUT2D eigenvalue weighted by atomic mass is 9.79. The van der Waals surface area contributed by atoms with Crippen LogP contribution in [-0.4, -0.2) is 41.0 Å². The molecule has 5 nitrogen and oxygen atoms in total. The molecule has 2 N–H and O–H groups in total. The van der Waals surface area contributed by atoms with Crippen molar-refractivity contribution in [2.24, 2.45) is 5.92 Å². The van der Waals surface area contributed by atoms with E-state index in [-0.39, 0.29) is 11.9 Å². The normalized spacial score (nSPS) is 24.7. The molecule has 3 fully saturated rings. The Balaban J connectivity index is 1.18. The fraction of sp³-hybridized carbons (Fsp3) is 0.296. The average molecular weight is 426 g/mol. The van der Waals surface area contributed by atoms with Crippen LogP contribution in [0.2, 0.25) is 0 Å². The summed E-state index contributed by atoms with van der Waals surface area (Å²) in [6.45, 7) is 4.52. The van der Waals surface area contributed by atoms with E-state index in [4.69, 9.17) is 4.42 Å². The maximum absolute atomic E-state index is 12.9. The van der Waals surface area contributed by atoms with Gasteiger partial charge in [0.2, 0.25) is 0 Å². The standard InChI is InChI=1S/C27H27N3O2/c1-17-26(20-12-14-30(17)15-13-20)29-27(31)25-11-10-24(32-25)19-8-6-18(7-9-19)23-16-21-4-2-3-5-22(21)28-23/h2-11,16-17,20,26,28H,12-15H2,1H3,(H,29,31)/t17-,26-/m0/s1. The average Bonchev–Trinajstić information content (AvgIpc) is 3.49. The van der Waals surface area contributed by atoms with Crippen LogP contribution >= 0.6 is 0 Å². The summed E-state index contributed by atoms with van der Waals surface area (Å²) in [4.78, 5) is 18.8. The van der Waals surface area contributed by atoms with Gasteiger partial charge in [-0.1, -0.05) is 42.5 Å². The Morgan fingerprint density at radius 1 is 1.00 bits per heavy atom. The Morgan fingerprint density at radius 2 is 1.75 bits per heavy atom. The van der Waals surface area contributed by atoms with Gasteiger partial charge in [0.05, 0.1) is 0 Å². The number of H-pyrrole nitrogens is 1. The molecule has 0 spiro atoms. The minimum Gasteiger partial charge on any atom is -0.451 e. The minimum absolute atomic E-state index is 0.114. The predicted octanol–water partition coefficient (Wildman–Crippen LogP) is 5.31. The van der Waals surface area contributed by atoms with Crippen LogP contribution in [0.5, 0.6) is 0 Å². The van der Waals surface area contributed by atoms with E-state index in [0.29, 0.717) is 23.5 Å². The number of hydrogen-bond donors (Lipinski definition) is 2. The molecule has 2 aromatic heterocycles. The van der Waals surface area contributed by atoms with Crippen LogP contribution in [-0.2, 0) is 0 Å². The lowest BCUT2D eigenvalue weighted by Gasteiger charge is -2.49. The molecule has 2 atom stereocenters. The van der Waals surface area contributed by atoms with Crippen LogP contribution in [0.4, 0.5) is 0 Å². The van der Waals surface area contributed by atoms with E-state index >= 15 is 0 Å². The number of furan rings is 1. The summed E-state index contributed by atoms with van der Waals surface area (Å²) in [6, 6.07) is 22.9. The van der Waals surface area contributed by atoms with Gasteiger partial charge >= 0.3 is 0 Å². The van der Waals surface area contributed by atoms with Gasteiger partial charge in [-0.05, 0) is 68.6 Å². The van der Waals surface area contributed by atoms with Crippen molar-refractivity contribution in [3.63, 3.8) is 0 Å². The predicted molar refractivity (Wildman–Crippen MR) is 126 cm³/mol. The number of piperidine rings is 3. The molecule has 32 heavy (non-hydrogen) atoms. The van der Waals surface area contributed by atoms with E-state index in [1.807, 2.05) is 30.3 Å². The van der Waals surface area contributed by atoms with E-state index in [9.17, 15) is 4.79 Å². The molecule has 2 bridgehead atoms. The van der Waals surface area contributed by atoms with Gasteiger partial charge in [-0.3, -0.25) is 9.69 Å². The Morgan fingerprint density at radius 3 is 2.50 bits per heavy atom. The molecule has 5 heterocycles. The second-order valence-corrected chi connectivity index (χ2v) is 9.12. The van der Waals surface area contributed by atoms with Crippen molar-refractivity contribution in [3.8, 4) is 22.6 Å². The smallest absolute Gasteiger partial charge is 0.287 e. The summed E-state index contributed by atoms with van der Waals surface area (Å²) in [5.74, 6) is 1.55. The lowest BCUT2D eigenvalue weighted by molar-refractivity contribution is 0.0211. The number of hydrogen-bond acceptors (Lipinski definition) is 3. The van der Waals surface area contributed by atoms with Gasteiger partial charge in [0.15, 0.2) is 5.76 Å². The van der Waals surface area contributed by atoms with Gasteiger partial charge in [-0.2, -0.15) is 0 Å². The zero-order valence-electron chi connectivity index (χ0n) is 18.2. The molecule has 2 aromatic carbocycles. The van der Waals surface area contributed by atoms with E-state index < -0.39 is 0 Å². The molecule has 3 saturated heterocycles. The Kier molecular flexibility index (Phi) is 4.65. The Hall–Kier alpha value is -3.31. The first kappa shape index (κ1) is 19.4. The summed E-state index contributed by atoms with van der Waals surface area (Å²) < 4.78 is 5.95. The highest BCUT2D eigenvalue weighted by atomic mass is 16.3. The fourth-order valence-corrected chi connectivity index (χ4v) is 5.43. The third-order valence-electron chi connectivity index (χ3n) is 7.32. The first-order valence-electron chi connectivity index (χ1n) is 11.5. The molecule has 5 heteroatoms. The van der Waals surface area contributed by atoms with Crippen molar-refractivity contribution in [2.75, 3.05) is 13.1 Å². The number of benzene rings is 2. The topological polar surface area (TPSA) is 61.3 Å². The molecule has 1 amide bonds. The summed E-state index contributed by atoms with van der Waals surface area (Å²) in [5.41, 5.74) is 4.29. The van der Waals surface area contributed by atoms with Crippen LogP contribution < -0.4 is 5.32 Å². The van der Waals surface area contributed by atoms with Gasteiger partial charge < -0.3 is 14.7 Å². The number of amides is 1. The summed E-state index contributed by atoms with van der Waals surface area (Å²) in [5, 5.41) is 4.45. The molecule has 0 aliphatic carbocycles. The minimum atomic E-state index is -0.114. The van der Waals surface area contributed by atoms with E-state index in [1.165, 1.54) is 18.2 Å². The molecule has 162 valence electrons. The van der Waals surface area contributed by atoms with Gasteiger partial charge in [-0.15, -0.1) is 0 Å². The van der Waals surface area contributed by atoms with Crippen LogP contribution in [0.25, 0.3) is 33.5 Å². The number of nitrogens with one attached hydrogen (secondary N) is 2. The highest BCUT2D eigenvalue weighted by Gasteiger charge is 2.40. The van der Waals surface area contributed by atoms with Gasteiger partial charge in [-0.25, -0.2) is 0 Å². The zero-order chi connectivity index (χ0) is 21.7. The van der Waals surface area contributed by atoms with Crippen LogP contribution in [0.3, 0.4) is 0 Å². The first-order valence-corrected chi connectivity index (χ1v) is 11.5. The third kappa shape index (κ3) is 3.33. The highest BCUT2D eigenvalue weighted by Crippen LogP contribution is 2.33. The number of aromatic amines is 1. The maximum atomic E-state index is 12.9. The number of aromatic nitrogens is 1. The first-order chi connectivity index (χ1) is 15.7. The van der Waals surface area contributed by atoms with Crippen molar-refractivity contribution in [3.05, 3.63) is 72.5 Å². The Labute approximate surface area is 187 Å². The monoisotopic (exact) mass is 425 g/mol. The van der Waals surface area contributed by atoms with Gasteiger partial charge in [0.1, 0.15) is 5.76 Å². The molecular weight excluding hydrogens is 398 g/mol. The Bertz CT molecular complexity index is 1230. The summed E-state index contributed by atoms with van der Waals surface area (Å²) in [6.07, 6.45) is 2.34. The summed E-state index contributed by atoms with van der Waals surface area (Å²) in [7, 11) is 0. The molecule has 3 aliphatic heterocycles. The molecular formula is C27H27N3O2. The summed E-state index contributed by atoms with van der Waals surface area (Å²) >= 11 is 0. The number of para-hydroxylation sites is 1. The van der Waals surface area contributed by atoms with Crippen LogP contribution in [0.15, 0.2) is 71.1 Å². The number of fused-ring (bicyclic) bond motifs is 4. The molecule has 0 saturated carbocycles. The number of nitrogens with zero attached hydrogens (tertiary/aromatic N) is 1. The van der Waals surface area contributed by atoms with Crippen molar-refractivity contribution >= 4 is 16.8 Å². The van der Waals surface area contributed by atoms with Crippen LogP contribution in [0, 0.1) is 5.92 Å². The van der Waals surface area contributed by atoms with Crippen molar-refractivity contribution in [1.82, 2.24) is 15.2 Å². The van der Waals surface area contributed by atoms with E-state index in [0.717, 1.165) is 35.4 Å². The van der Waals surface area contributed by atoms with Crippen LogP contribution in [0.1, 0.15) is 30.3 Å². The molecule has 4 aromatic rings. The molecule has 3 aliphatic rings. The van der Waals surface area contributed by atoms with Crippen molar-refractivity contribution in [1.29, 1.82) is 0 Å². The number of carbonyl (C=O) groups excluding carboxylic acids is 1. The maximum Gasteiger partial charge on any atom is 0.287 e. The highest BCUT2D eigenvalue weighted by molar-refractivity contribution is 5.92. The molecule has 0 unspecified atom stereocenters. The SMILES string of the molecule is C[C@H]1[C@H](NC(=O)c2ccc(-c3ccc(-c4cc5ccccc5[nH]4)cc3)o2)C2CCN1CC2.